The van der Waals surface area contributed by atoms with Crippen LogP contribution in [0.4, 0.5) is 13.2 Å². The van der Waals surface area contributed by atoms with Crippen molar-refractivity contribution in [2.75, 3.05) is 40.4 Å². The predicted molar refractivity (Wildman–Crippen MR) is 110 cm³/mol. The van der Waals surface area contributed by atoms with E-state index in [1.165, 1.54) is 20.3 Å². The van der Waals surface area contributed by atoms with Crippen LogP contribution in [0.25, 0.3) is 0 Å². The number of alkyl halides is 3. The number of nitrogens with one attached hydrogen (secondary N) is 1. The van der Waals surface area contributed by atoms with Gasteiger partial charge in [-0.2, -0.15) is 13.2 Å². The average Bonchev–Trinajstić information content (AvgIpc) is 2.70. The quantitative estimate of drug-likeness (QED) is 0.626. The number of halogens is 5. The minimum atomic E-state index is -4.46. The van der Waals surface area contributed by atoms with Crippen LogP contribution in [0.1, 0.15) is 22.7 Å². The second kappa shape index (κ2) is 9.12. The topological polar surface area (TPSA) is 33.7 Å². The average molecular weight is 494 g/mol. The van der Waals surface area contributed by atoms with E-state index in [2.05, 4.69) is 26.1 Å². The summed E-state index contributed by atoms with van der Waals surface area (Å²) in [5, 5.41) is 3.55. The van der Waals surface area contributed by atoms with E-state index in [0.29, 0.717) is 34.6 Å². The normalized spacial score (nSPS) is 16.5. The minimum Gasteiger partial charge on any atom is -0.493 e. The Labute approximate surface area is 181 Å². The molecule has 2 aromatic carbocycles. The molecule has 4 nitrogen and oxygen atoms in total. The van der Waals surface area contributed by atoms with Gasteiger partial charge in [0.25, 0.3) is 0 Å². The Morgan fingerprint density at radius 1 is 1.03 bits per heavy atom. The molecule has 0 aliphatic carbocycles. The van der Waals surface area contributed by atoms with Crippen molar-refractivity contribution in [2.45, 2.75) is 12.2 Å². The van der Waals surface area contributed by atoms with Gasteiger partial charge in [-0.15, -0.1) is 0 Å². The molecule has 1 N–H and O–H groups in total. The van der Waals surface area contributed by atoms with Gasteiger partial charge in [-0.3, -0.25) is 4.90 Å². The summed E-state index contributed by atoms with van der Waals surface area (Å²) in [6, 6.07) is 6.50. The molecule has 1 saturated heterocycles. The van der Waals surface area contributed by atoms with Gasteiger partial charge in [0.1, 0.15) is 0 Å². The molecular weight excluding hydrogens is 473 g/mol. The summed E-state index contributed by atoms with van der Waals surface area (Å²) in [7, 11) is 3.05. The van der Waals surface area contributed by atoms with Crippen LogP contribution in [0.15, 0.2) is 34.8 Å². The van der Waals surface area contributed by atoms with Gasteiger partial charge in [0.05, 0.1) is 25.8 Å². The highest BCUT2D eigenvalue weighted by Crippen LogP contribution is 2.43. The molecule has 0 bridgehead atoms. The SMILES string of the molecule is COc1cc(Br)c(C(c2cc(C(F)(F)F)ccc2Cl)N2CCNCC2)cc1OC. The van der Waals surface area contributed by atoms with E-state index in [4.69, 9.17) is 21.1 Å². The Bertz CT molecular complexity index is 874. The van der Waals surface area contributed by atoms with Crippen LogP contribution in [0.5, 0.6) is 11.5 Å². The fourth-order valence-corrected chi connectivity index (χ4v) is 4.27. The molecule has 1 aliphatic heterocycles. The van der Waals surface area contributed by atoms with Gasteiger partial charge < -0.3 is 14.8 Å². The van der Waals surface area contributed by atoms with E-state index < -0.39 is 17.8 Å². The largest absolute Gasteiger partial charge is 0.493 e. The van der Waals surface area contributed by atoms with Crippen LogP contribution in [0.3, 0.4) is 0 Å². The predicted octanol–water partition coefficient (Wildman–Crippen LogP) is 5.13. The molecule has 1 heterocycles. The smallest absolute Gasteiger partial charge is 0.416 e. The summed E-state index contributed by atoms with van der Waals surface area (Å²) >= 11 is 9.97. The van der Waals surface area contributed by atoms with Gasteiger partial charge in [-0.25, -0.2) is 0 Å². The standard InChI is InChI=1S/C20H21BrClF3N2O2/c1-28-17-10-13(15(21)11-18(17)29-2)19(27-7-5-26-6-8-27)14-9-12(20(23,24)25)3-4-16(14)22/h3-4,9-11,19,26H,5-8H2,1-2H3. The number of methoxy groups -OCH3 is 2. The first-order chi connectivity index (χ1) is 13.8. The second-order valence-corrected chi connectivity index (χ2v) is 7.91. The lowest BCUT2D eigenvalue weighted by Crippen LogP contribution is -2.45. The first-order valence-corrected chi connectivity index (χ1v) is 10.2. The lowest BCUT2D eigenvalue weighted by Gasteiger charge is -2.36. The number of ether oxygens (including phenoxy) is 2. The number of benzene rings is 2. The number of piperazine rings is 1. The van der Waals surface area contributed by atoms with Gasteiger partial charge in [0, 0.05) is 35.7 Å². The molecule has 3 rings (SSSR count). The van der Waals surface area contributed by atoms with Crippen LogP contribution >= 0.6 is 27.5 Å². The molecule has 158 valence electrons. The highest BCUT2D eigenvalue weighted by molar-refractivity contribution is 9.10. The number of hydrogen-bond acceptors (Lipinski definition) is 4. The van der Waals surface area contributed by atoms with Crippen LogP contribution in [0, 0.1) is 0 Å². The van der Waals surface area contributed by atoms with E-state index in [1.54, 1.807) is 12.1 Å². The Hall–Kier alpha value is -1.48. The van der Waals surface area contributed by atoms with E-state index >= 15 is 0 Å². The summed E-state index contributed by atoms with van der Waals surface area (Å²) in [6.07, 6.45) is -4.46. The van der Waals surface area contributed by atoms with Crippen molar-refractivity contribution in [3.63, 3.8) is 0 Å². The third-order valence-electron chi connectivity index (χ3n) is 4.93. The van der Waals surface area contributed by atoms with Crippen LogP contribution in [-0.2, 0) is 6.18 Å². The maximum atomic E-state index is 13.4. The Morgan fingerprint density at radius 3 is 2.24 bits per heavy atom. The van der Waals surface area contributed by atoms with Crippen molar-refractivity contribution in [2.24, 2.45) is 0 Å². The molecular formula is C20H21BrClF3N2O2. The first-order valence-electron chi connectivity index (χ1n) is 8.99. The molecule has 0 radical (unpaired) electrons. The number of nitrogens with zero attached hydrogens (tertiary/aromatic N) is 1. The van der Waals surface area contributed by atoms with Crippen molar-refractivity contribution in [1.82, 2.24) is 10.2 Å². The number of hydrogen-bond donors (Lipinski definition) is 1. The Morgan fingerprint density at radius 2 is 1.66 bits per heavy atom. The van der Waals surface area contributed by atoms with Crippen LogP contribution < -0.4 is 14.8 Å². The van der Waals surface area contributed by atoms with Crippen molar-refractivity contribution in [3.05, 3.63) is 56.5 Å². The molecule has 0 spiro atoms. The van der Waals surface area contributed by atoms with Gasteiger partial charge >= 0.3 is 6.18 Å². The number of rotatable bonds is 5. The molecule has 0 amide bonds. The summed E-state index contributed by atoms with van der Waals surface area (Å²) in [5.41, 5.74) is 0.427. The highest BCUT2D eigenvalue weighted by atomic mass is 79.9. The summed E-state index contributed by atoms with van der Waals surface area (Å²) < 4.78 is 51.6. The third-order valence-corrected chi connectivity index (χ3v) is 5.96. The molecule has 1 aliphatic rings. The van der Waals surface area contributed by atoms with Gasteiger partial charge in [0.15, 0.2) is 11.5 Å². The maximum Gasteiger partial charge on any atom is 0.416 e. The fraction of sp³-hybridized carbons (Fsp3) is 0.400. The zero-order valence-electron chi connectivity index (χ0n) is 15.9. The maximum absolute atomic E-state index is 13.4. The zero-order chi connectivity index (χ0) is 21.2. The van der Waals surface area contributed by atoms with Crippen LogP contribution in [-0.4, -0.2) is 45.3 Å². The van der Waals surface area contributed by atoms with Crippen LogP contribution in [0.2, 0.25) is 5.02 Å². The lowest BCUT2D eigenvalue weighted by molar-refractivity contribution is -0.137. The molecule has 1 fully saturated rings. The first kappa shape index (κ1) is 22.2. The van der Waals surface area contributed by atoms with Gasteiger partial charge in [0.2, 0.25) is 0 Å². The fourth-order valence-electron chi connectivity index (χ4n) is 3.51. The lowest BCUT2D eigenvalue weighted by atomic mass is 9.94. The summed E-state index contributed by atoms with van der Waals surface area (Å²) in [5.74, 6) is 1.02. The molecule has 1 atom stereocenters. The monoisotopic (exact) mass is 492 g/mol. The molecule has 0 aromatic heterocycles. The van der Waals surface area contributed by atoms with Gasteiger partial charge in [-0.1, -0.05) is 27.5 Å². The molecule has 0 saturated carbocycles. The zero-order valence-corrected chi connectivity index (χ0v) is 18.3. The van der Waals surface area contributed by atoms with E-state index in [9.17, 15) is 13.2 Å². The van der Waals surface area contributed by atoms with E-state index in [-0.39, 0.29) is 5.02 Å². The molecule has 1 unspecified atom stereocenters. The van der Waals surface area contributed by atoms with Crippen molar-refractivity contribution in [1.29, 1.82) is 0 Å². The van der Waals surface area contributed by atoms with Crippen molar-refractivity contribution in [3.8, 4) is 11.5 Å². The Balaban J connectivity index is 2.20. The summed E-state index contributed by atoms with van der Waals surface area (Å²) in [6.45, 7) is 2.80. The Kier molecular flexibility index (Phi) is 6.98. The van der Waals surface area contributed by atoms with Gasteiger partial charge in [-0.05, 0) is 41.5 Å². The minimum absolute atomic E-state index is 0.281. The molecule has 2 aromatic rings. The van der Waals surface area contributed by atoms with E-state index in [0.717, 1.165) is 30.8 Å². The second-order valence-electron chi connectivity index (χ2n) is 6.65. The highest BCUT2D eigenvalue weighted by Gasteiger charge is 2.34. The van der Waals surface area contributed by atoms with Crippen molar-refractivity contribution < 1.29 is 22.6 Å². The van der Waals surface area contributed by atoms with E-state index in [1.807, 2.05) is 0 Å². The molecule has 29 heavy (non-hydrogen) atoms. The third kappa shape index (κ3) is 4.82. The molecule has 9 heteroatoms. The van der Waals surface area contributed by atoms with Crippen molar-refractivity contribution >= 4 is 27.5 Å². The summed E-state index contributed by atoms with van der Waals surface area (Å²) in [4.78, 5) is 2.11.